The fourth-order valence-corrected chi connectivity index (χ4v) is 2.83. The van der Waals surface area contributed by atoms with Gasteiger partial charge in [-0.05, 0) is 40.9 Å². The third kappa shape index (κ3) is 2.07. The van der Waals surface area contributed by atoms with Gasteiger partial charge in [0.15, 0.2) is 0 Å². The summed E-state index contributed by atoms with van der Waals surface area (Å²) < 4.78 is 19.6. The molecule has 1 aromatic carbocycles. The molecule has 0 heterocycles. The van der Waals surface area contributed by atoms with Crippen molar-refractivity contribution in [3.05, 3.63) is 28.5 Å². The van der Waals surface area contributed by atoms with E-state index in [1.807, 2.05) is 13.8 Å². The van der Waals surface area contributed by atoms with Crippen LogP contribution in [0, 0.1) is 11.2 Å². The number of hydrogen-bond acceptors (Lipinski definition) is 2. The van der Waals surface area contributed by atoms with Crippen LogP contribution in [0.25, 0.3) is 0 Å². The molecule has 0 spiro atoms. The van der Waals surface area contributed by atoms with E-state index in [9.17, 15) is 9.18 Å². The minimum absolute atomic E-state index is 0.124. The fourth-order valence-electron chi connectivity index (χ4n) is 2.58. The maximum Gasteiger partial charge on any atom is 0.146 e. The largest absolute Gasteiger partial charge is 0.489 e. The number of hydrogen-bond donors (Lipinski definition) is 0. The van der Waals surface area contributed by atoms with Crippen molar-refractivity contribution in [1.29, 1.82) is 0 Å². The normalized spacial score (nSPS) is 21.6. The minimum Gasteiger partial charge on any atom is -0.489 e. The van der Waals surface area contributed by atoms with Crippen LogP contribution in [-0.4, -0.2) is 11.9 Å². The van der Waals surface area contributed by atoms with E-state index in [-0.39, 0.29) is 23.1 Å². The molecule has 18 heavy (non-hydrogen) atoms. The Bertz CT molecular complexity index is 469. The average Bonchev–Trinajstić information content (AvgIpc) is 2.35. The third-order valence-corrected chi connectivity index (χ3v) is 4.62. The van der Waals surface area contributed by atoms with Crippen molar-refractivity contribution in [2.24, 2.45) is 5.41 Å². The van der Waals surface area contributed by atoms with Gasteiger partial charge in [0.1, 0.15) is 23.5 Å². The lowest BCUT2D eigenvalue weighted by molar-refractivity contribution is -0.153. The highest BCUT2D eigenvalue weighted by atomic mass is 79.9. The SMILES string of the molecule is CCC1(CC)C(=O)CC1Oc1ccc(Br)c(F)c1. The first-order chi connectivity index (χ1) is 8.53. The Labute approximate surface area is 115 Å². The summed E-state index contributed by atoms with van der Waals surface area (Å²) in [4.78, 5) is 11.8. The molecule has 2 rings (SSSR count). The highest BCUT2D eigenvalue weighted by Gasteiger charge is 2.53. The molecule has 98 valence electrons. The number of benzene rings is 1. The van der Waals surface area contributed by atoms with Gasteiger partial charge in [-0.25, -0.2) is 4.39 Å². The molecular weight excluding hydrogens is 299 g/mol. The molecule has 1 unspecified atom stereocenters. The summed E-state index contributed by atoms with van der Waals surface area (Å²) in [6, 6.07) is 4.68. The summed E-state index contributed by atoms with van der Waals surface area (Å²) in [6.07, 6.45) is 1.85. The molecule has 0 aromatic heterocycles. The molecule has 0 amide bonds. The molecule has 4 heteroatoms. The highest BCUT2D eigenvalue weighted by Crippen LogP contribution is 2.45. The lowest BCUT2D eigenvalue weighted by Gasteiger charge is -2.46. The molecule has 0 radical (unpaired) electrons. The Balaban J connectivity index is 2.15. The topological polar surface area (TPSA) is 26.3 Å². The van der Waals surface area contributed by atoms with E-state index in [1.54, 1.807) is 12.1 Å². The molecule has 0 saturated heterocycles. The second-order valence-corrected chi connectivity index (χ2v) is 5.53. The zero-order valence-corrected chi connectivity index (χ0v) is 12.1. The van der Waals surface area contributed by atoms with Crippen molar-refractivity contribution >= 4 is 21.7 Å². The first kappa shape index (κ1) is 13.5. The molecule has 1 atom stereocenters. The third-order valence-electron chi connectivity index (χ3n) is 3.97. The van der Waals surface area contributed by atoms with Crippen LogP contribution in [0.3, 0.4) is 0 Å². The molecular formula is C14H16BrFO2. The molecule has 1 aliphatic carbocycles. The number of rotatable bonds is 4. The van der Waals surface area contributed by atoms with Crippen LogP contribution < -0.4 is 4.74 Å². The van der Waals surface area contributed by atoms with Gasteiger partial charge in [-0.2, -0.15) is 0 Å². The van der Waals surface area contributed by atoms with E-state index < -0.39 is 0 Å². The standard InChI is InChI=1S/C14H16BrFO2/c1-3-14(4-2)12(17)8-13(14)18-9-5-6-10(15)11(16)7-9/h5-7,13H,3-4,8H2,1-2H3. The van der Waals surface area contributed by atoms with E-state index in [0.29, 0.717) is 16.6 Å². The van der Waals surface area contributed by atoms with Crippen LogP contribution in [0.1, 0.15) is 33.1 Å². The Hall–Kier alpha value is -0.900. The van der Waals surface area contributed by atoms with E-state index in [1.165, 1.54) is 6.07 Å². The van der Waals surface area contributed by atoms with Gasteiger partial charge in [0, 0.05) is 12.5 Å². The van der Waals surface area contributed by atoms with Gasteiger partial charge in [0.2, 0.25) is 0 Å². The lowest BCUT2D eigenvalue weighted by atomic mass is 9.61. The fraction of sp³-hybridized carbons (Fsp3) is 0.500. The van der Waals surface area contributed by atoms with Crippen LogP contribution in [0.15, 0.2) is 22.7 Å². The summed E-state index contributed by atoms with van der Waals surface area (Å²) >= 11 is 3.10. The smallest absolute Gasteiger partial charge is 0.146 e. The molecule has 1 aliphatic rings. The van der Waals surface area contributed by atoms with Gasteiger partial charge in [0.25, 0.3) is 0 Å². The van der Waals surface area contributed by atoms with Crippen molar-refractivity contribution in [3.63, 3.8) is 0 Å². The van der Waals surface area contributed by atoms with E-state index >= 15 is 0 Å². The Morgan fingerprint density at radius 3 is 2.61 bits per heavy atom. The Morgan fingerprint density at radius 1 is 1.44 bits per heavy atom. The van der Waals surface area contributed by atoms with Crippen molar-refractivity contribution in [3.8, 4) is 5.75 Å². The second-order valence-electron chi connectivity index (χ2n) is 4.67. The van der Waals surface area contributed by atoms with Gasteiger partial charge < -0.3 is 4.74 Å². The van der Waals surface area contributed by atoms with Gasteiger partial charge in [-0.1, -0.05) is 13.8 Å². The number of ether oxygens (including phenoxy) is 1. The monoisotopic (exact) mass is 314 g/mol. The molecule has 1 fully saturated rings. The molecule has 1 saturated carbocycles. The zero-order valence-electron chi connectivity index (χ0n) is 10.5. The quantitative estimate of drug-likeness (QED) is 0.835. The van der Waals surface area contributed by atoms with Gasteiger partial charge >= 0.3 is 0 Å². The predicted octanol–water partition coefficient (Wildman–Crippen LogP) is 4.11. The summed E-state index contributed by atoms with van der Waals surface area (Å²) in [5.74, 6) is 0.395. The zero-order chi connectivity index (χ0) is 13.3. The number of halogens is 2. The summed E-state index contributed by atoms with van der Waals surface area (Å²) in [5.41, 5.74) is -0.371. The molecule has 1 aromatic rings. The van der Waals surface area contributed by atoms with Crippen molar-refractivity contribution in [2.75, 3.05) is 0 Å². The minimum atomic E-state index is -0.371. The first-order valence-electron chi connectivity index (χ1n) is 6.18. The van der Waals surface area contributed by atoms with Crippen LogP contribution in [0.4, 0.5) is 4.39 Å². The Morgan fingerprint density at radius 2 is 2.11 bits per heavy atom. The number of ketones is 1. The van der Waals surface area contributed by atoms with Gasteiger partial charge in [-0.15, -0.1) is 0 Å². The van der Waals surface area contributed by atoms with Crippen molar-refractivity contribution < 1.29 is 13.9 Å². The van der Waals surface area contributed by atoms with Crippen LogP contribution >= 0.6 is 15.9 Å². The Kier molecular flexibility index (Phi) is 3.76. The first-order valence-corrected chi connectivity index (χ1v) is 6.97. The second kappa shape index (κ2) is 5.00. The molecule has 2 nitrogen and oxygen atoms in total. The average molecular weight is 315 g/mol. The maximum absolute atomic E-state index is 13.4. The number of carbonyl (C=O) groups excluding carboxylic acids is 1. The van der Waals surface area contributed by atoms with Crippen molar-refractivity contribution in [2.45, 2.75) is 39.2 Å². The molecule has 0 bridgehead atoms. The number of Topliss-reactive ketones (excluding diaryl/α,β-unsaturated/α-hetero) is 1. The summed E-state index contributed by atoms with van der Waals surface area (Å²) in [7, 11) is 0. The maximum atomic E-state index is 13.4. The molecule has 0 aliphatic heterocycles. The summed E-state index contributed by atoms with van der Waals surface area (Å²) in [6.45, 7) is 4.00. The number of carbonyl (C=O) groups is 1. The van der Waals surface area contributed by atoms with Gasteiger partial charge in [0.05, 0.1) is 9.89 Å². The lowest BCUT2D eigenvalue weighted by Crippen LogP contribution is -2.56. The summed E-state index contributed by atoms with van der Waals surface area (Å²) in [5, 5.41) is 0. The van der Waals surface area contributed by atoms with Crippen LogP contribution in [-0.2, 0) is 4.79 Å². The van der Waals surface area contributed by atoms with E-state index in [4.69, 9.17) is 4.74 Å². The molecule has 0 N–H and O–H groups in total. The van der Waals surface area contributed by atoms with E-state index in [2.05, 4.69) is 15.9 Å². The van der Waals surface area contributed by atoms with Crippen LogP contribution in [0.5, 0.6) is 5.75 Å². The van der Waals surface area contributed by atoms with Gasteiger partial charge in [-0.3, -0.25) is 4.79 Å². The van der Waals surface area contributed by atoms with E-state index in [0.717, 1.165) is 12.8 Å². The van der Waals surface area contributed by atoms with Crippen LogP contribution in [0.2, 0.25) is 0 Å². The predicted molar refractivity (Wildman–Crippen MR) is 71.2 cm³/mol. The highest BCUT2D eigenvalue weighted by molar-refractivity contribution is 9.10. The van der Waals surface area contributed by atoms with Crippen molar-refractivity contribution in [1.82, 2.24) is 0 Å².